The van der Waals surface area contributed by atoms with Crippen LogP contribution in [-0.2, 0) is 14.3 Å². The zero-order valence-corrected chi connectivity index (χ0v) is 14.1. The molecule has 0 aliphatic carbocycles. The summed E-state index contributed by atoms with van der Waals surface area (Å²) in [7, 11) is 0. The van der Waals surface area contributed by atoms with Crippen LogP contribution in [0.3, 0.4) is 0 Å². The van der Waals surface area contributed by atoms with Gasteiger partial charge in [0.2, 0.25) is 5.91 Å². The van der Waals surface area contributed by atoms with E-state index in [4.69, 9.17) is 9.47 Å². The molecule has 7 nitrogen and oxygen atoms in total. The number of rotatable bonds is 10. The molecule has 0 aromatic carbocycles. The van der Waals surface area contributed by atoms with Crippen molar-refractivity contribution in [2.45, 2.75) is 83.0 Å². The highest BCUT2D eigenvalue weighted by molar-refractivity contribution is 5.73. The topological polar surface area (TPSA) is 108 Å². The van der Waals surface area contributed by atoms with Gasteiger partial charge in [0.1, 0.15) is 24.4 Å². The molecule has 7 heteroatoms. The lowest BCUT2D eigenvalue weighted by atomic mass is 9.97. The maximum atomic E-state index is 11.3. The Morgan fingerprint density at radius 3 is 2.39 bits per heavy atom. The zero-order valence-electron chi connectivity index (χ0n) is 14.1. The number of carbonyl (C=O) groups is 1. The second kappa shape index (κ2) is 10.9. The molecule has 23 heavy (non-hydrogen) atoms. The molecule has 1 heterocycles. The summed E-state index contributed by atoms with van der Waals surface area (Å²) in [4.78, 5) is 11.3. The van der Waals surface area contributed by atoms with E-state index in [9.17, 15) is 20.1 Å². The molecule has 1 saturated heterocycles. The normalized spacial score (nSPS) is 31.1. The third-order valence-corrected chi connectivity index (χ3v) is 4.03. The third kappa shape index (κ3) is 6.73. The summed E-state index contributed by atoms with van der Waals surface area (Å²) in [6.07, 6.45) is 2.37. The number of ether oxygens (including phenoxy) is 2. The molecule has 1 rings (SSSR count). The SMILES string of the molecule is CCCCCCCCO[C@@H]1O[C@H](CO)[C@@H](O)[C@@H](O)[C@H]1NC(C)=O. The van der Waals surface area contributed by atoms with Gasteiger partial charge in [-0.05, 0) is 6.42 Å². The Balaban J connectivity index is 2.45. The van der Waals surface area contributed by atoms with Gasteiger partial charge in [0.15, 0.2) is 6.29 Å². The van der Waals surface area contributed by atoms with Crippen LogP contribution in [0, 0.1) is 0 Å². The van der Waals surface area contributed by atoms with Gasteiger partial charge in [0, 0.05) is 13.5 Å². The lowest BCUT2D eigenvalue weighted by Crippen LogP contribution is -2.64. The monoisotopic (exact) mass is 333 g/mol. The van der Waals surface area contributed by atoms with Crippen LogP contribution in [0.2, 0.25) is 0 Å². The van der Waals surface area contributed by atoms with Gasteiger partial charge in [-0.25, -0.2) is 0 Å². The van der Waals surface area contributed by atoms with Gasteiger partial charge in [0.05, 0.1) is 6.61 Å². The lowest BCUT2D eigenvalue weighted by Gasteiger charge is -2.42. The van der Waals surface area contributed by atoms with E-state index in [1.54, 1.807) is 0 Å². The fraction of sp³-hybridized carbons (Fsp3) is 0.938. The summed E-state index contributed by atoms with van der Waals surface area (Å²) in [6, 6.07) is -0.856. The van der Waals surface area contributed by atoms with E-state index in [1.807, 2.05) is 0 Å². The number of hydrogen-bond donors (Lipinski definition) is 4. The number of amides is 1. The smallest absolute Gasteiger partial charge is 0.217 e. The molecule has 1 amide bonds. The number of carbonyl (C=O) groups excluding carboxylic acids is 1. The Kier molecular flexibility index (Phi) is 9.66. The molecule has 0 saturated carbocycles. The molecule has 1 aliphatic heterocycles. The first-order chi connectivity index (χ1) is 11.0. The first-order valence-corrected chi connectivity index (χ1v) is 8.52. The minimum atomic E-state index is -1.27. The van der Waals surface area contributed by atoms with Crippen molar-refractivity contribution in [3.63, 3.8) is 0 Å². The molecule has 0 radical (unpaired) electrons. The van der Waals surface area contributed by atoms with Gasteiger partial charge in [-0.15, -0.1) is 0 Å². The molecule has 0 spiro atoms. The van der Waals surface area contributed by atoms with E-state index in [1.165, 1.54) is 26.2 Å². The highest BCUT2D eigenvalue weighted by Gasteiger charge is 2.45. The molecule has 0 aromatic rings. The Bertz CT molecular complexity index is 341. The molecule has 1 fully saturated rings. The van der Waals surface area contributed by atoms with Gasteiger partial charge in [0.25, 0.3) is 0 Å². The fourth-order valence-corrected chi connectivity index (χ4v) is 2.69. The Morgan fingerprint density at radius 2 is 1.78 bits per heavy atom. The van der Waals surface area contributed by atoms with E-state index in [0.29, 0.717) is 6.61 Å². The second-order valence-corrected chi connectivity index (χ2v) is 6.07. The zero-order chi connectivity index (χ0) is 17.2. The predicted octanol–water partition coefficient (Wildman–Crippen LogP) is 0.307. The Labute approximate surface area is 138 Å². The first kappa shape index (κ1) is 20.3. The van der Waals surface area contributed by atoms with Crippen molar-refractivity contribution in [2.24, 2.45) is 0 Å². The predicted molar refractivity (Wildman–Crippen MR) is 84.7 cm³/mol. The van der Waals surface area contributed by atoms with E-state index < -0.39 is 37.3 Å². The van der Waals surface area contributed by atoms with Crippen molar-refractivity contribution in [2.75, 3.05) is 13.2 Å². The maximum absolute atomic E-state index is 11.3. The van der Waals surface area contributed by atoms with Crippen LogP contribution in [0.1, 0.15) is 52.4 Å². The standard InChI is InChI=1S/C16H31NO6/c1-3-4-5-6-7-8-9-22-16-13(17-11(2)19)15(21)14(20)12(10-18)23-16/h12-16,18,20-21H,3-10H2,1-2H3,(H,17,19)/t12-,13-,14-,15+,16-/m1/s1. The van der Waals surface area contributed by atoms with Crippen LogP contribution in [0.25, 0.3) is 0 Å². The summed E-state index contributed by atoms with van der Waals surface area (Å²) in [5.41, 5.74) is 0. The van der Waals surface area contributed by atoms with Crippen molar-refractivity contribution in [3.05, 3.63) is 0 Å². The molecule has 0 bridgehead atoms. The molecule has 136 valence electrons. The van der Waals surface area contributed by atoms with E-state index in [2.05, 4.69) is 12.2 Å². The summed E-state index contributed by atoms with van der Waals surface area (Å²) in [6.45, 7) is 3.50. The second-order valence-electron chi connectivity index (χ2n) is 6.07. The first-order valence-electron chi connectivity index (χ1n) is 8.52. The van der Waals surface area contributed by atoms with Crippen LogP contribution in [0.15, 0.2) is 0 Å². The highest BCUT2D eigenvalue weighted by atomic mass is 16.7. The van der Waals surface area contributed by atoms with Crippen LogP contribution >= 0.6 is 0 Å². The van der Waals surface area contributed by atoms with Crippen molar-refractivity contribution in [1.29, 1.82) is 0 Å². The quantitative estimate of drug-likeness (QED) is 0.429. The molecular formula is C16H31NO6. The van der Waals surface area contributed by atoms with Crippen LogP contribution in [0.4, 0.5) is 0 Å². The highest BCUT2D eigenvalue weighted by Crippen LogP contribution is 2.22. The number of unbranched alkanes of at least 4 members (excludes halogenated alkanes) is 5. The number of aliphatic hydroxyl groups is 3. The van der Waals surface area contributed by atoms with Gasteiger partial charge in [-0.2, -0.15) is 0 Å². The summed E-state index contributed by atoms with van der Waals surface area (Å²) >= 11 is 0. The Morgan fingerprint density at radius 1 is 1.13 bits per heavy atom. The van der Waals surface area contributed by atoms with E-state index in [0.717, 1.165) is 19.3 Å². The molecule has 0 aromatic heterocycles. The number of nitrogens with one attached hydrogen (secondary N) is 1. The van der Waals surface area contributed by atoms with Gasteiger partial charge in [-0.3, -0.25) is 4.79 Å². The van der Waals surface area contributed by atoms with Crippen molar-refractivity contribution in [3.8, 4) is 0 Å². The Hall–Kier alpha value is -0.730. The average Bonchev–Trinajstić information content (AvgIpc) is 2.52. The van der Waals surface area contributed by atoms with Crippen LogP contribution in [0.5, 0.6) is 0 Å². The summed E-state index contributed by atoms with van der Waals surface area (Å²) in [5.74, 6) is -0.347. The van der Waals surface area contributed by atoms with Gasteiger partial charge >= 0.3 is 0 Å². The number of hydrogen-bond acceptors (Lipinski definition) is 6. The summed E-state index contributed by atoms with van der Waals surface area (Å²) < 4.78 is 11.1. The van der Waals surface area contributed by atoms with E-state index >= 15 is 0 Å². The molecule has 0 unspecified atom stereocenters. The molecule has 4 N–H and O–H groups in total. The van der Waals surface area contributed by atoms with Crippen molar-refractivity contribution >= 4 is 5.91 Å². The van der Waals surface area contributed by atoms with Crippen LogP contribution < -0.4 is 5.32 Å². The fourth-order valence-electron chi connectivity index (χ4n) is 2.69. The lowest BCUT2D eigenvalue weighted by molar-refractivity contribution is -0.270. The maximum Gasteiger partial charge on any atom is 0.217 e. The average molecular weight is 333 g/mol. The van der Waals surface area contributed by atoms with Gasteiger partial charge < -0.3 is 30.1 Å². The minimum absolute atomic E-state index is 0.347. The van der Waals surface area contributed by atoms with Gasteiger partial charge in [-0.1, -0.05) is 39.0 Å². The molecule has 5 atom stereocenters. The largest absolute Gasteiger partial charge is 0.394 e. The molecule has 1 aliphatic rings. The molecular weight excluding hydrogens is 302 g/mol. The number of aliphatic hydroxyl groups excluding tert-OH is 3. The van der Waals surface area contributed by atoms with Crippen molar-refractivity contribution in [1.82, 2.24) is 5.32 Å². The summed E-state index contributed by atoms with van der Waals surface area (Å²) in [5, 5.41) is 31.8. The van der Waals surface area contributed by atoms with Crippen LogP contribution in [-0.4, -0.2) is 65.1 Å². The van der Waals surface area contributed by atoms with E-state index in [-0.39, 0.29) is 5.91 Å². The van der Waals surface area contributed by atoms with Crippen molar-refractivity contribution < 1.29 is 29.6 Å². The minimum Gasteiger partial charge on any atom is -0.394 e. The third-order valence-electron chi connectivity index (χ3n) is 4.03.